The minimum Gasteiger partial charge on any atom is -0.490 e. The van der Waals surface area contributed by atoms with Crippen molar-refractivity contribution in [3.05, 3.63) is 23.8 Å². The second kappa shape index (κ2) is 12.8. The number of nitrogens with one attached hydrogen (secondary N) is 1. The summed E-state index contributed by atoms with van der Waals surface area (Å²) in [6, 6.07) is 5.90. The first-order chi connectivity index (χ1) is 11.9. The molecule has 1 aromatic rings. The van der Waals surface area contributed by atoms with Gasteiger partial charge in [-0.05, 0) is 52.3 Å². The quantitative estimate of drug-likeness (QED) is 0.570. The van der Waals surface area contributed by atoms with Crippen molar-refractivity contribution >= 4 is 18.3 Å². The van der Waals surface area contributed by atoms with E-state index in [1.165, 1.54) is 0 Å². The first-order valence-electron chi connectivity index (χ1n) is 8.91. The highest BCUT2D eigenvalue weighted by atomic mass is 35.5. The number of carbonyl (C=O) groups excluding carboxylic acids is 1. The average Bonchev–Trinajstić information content (AvgIpc) is 2.54. The van der Waals surface area contributed by atoms with Crippen LogP contribution >= 0.6 is 12.4 Å². The summed E-state index contributed by atoms with van der Waals surface area (Å²) in [7, 11) is 0. The molecule has 0 unspecified atom stereocenters. The van der Waals surface area contributed by atoms with Crippen LogP contribution < -0.4 is 14.8 Å². The molecule has 0 aliphatic rings. The van der Waals surface area contributed by atoms with Crippen molar-refractivity contribution in [2.75, 3.05) is 26.4 Å². The van der Waals surface area contributed by atoms with E-state index in [0.717, 1.165) is 5.56 Å². The van der Waals surface area contributed by atoms with Crippen LogP contribution in [0.2, 0.25) is 0 Å². The predicted octanol–water partition coefficient (Wildman–Crippen LogP) is 2.61. The minimum atomic E-state index is -0.0406. The van der Waals surface area contributed by atoms with E-state index in [1.807, 2.05) is 57.7 Å². The summed E-state index contributed by atoms with van der Waals surface area (Å²) in [5.74, 6) is 1.15. The van der Waals surface area contributed by atoms with Gasteiger partial charge in [0.25, 0.3) is 5.91 Å². The van der Waals surface area contributed by atoms with E-state index in [2.05, 4.69) is 5.32 Å². The minimum absolute atomic E-state index is 0. The van der Waals surface area contributed by atoms with E-state index in [0.29, 0.717) is 31.2 Å². The van der Waals surface area contributed by atoms with E-state index >= 15 is 0 Å². The first kappa shape index (κ1) is 24.5. The van der Waals surface area contributed by atoms with Crippen LogP contribution in [0.3, 0.4) is 0 Å². The number of ether oxygens (including phenoxy) is 2. The monoisotopic (exact) mass is 388 g/mol. The van der Waals surface area contributed by atoms with E-state index in [4.69, 9.17) is 14.6 Å². The molecule has 0 aliphatic heterocycles. The summed E-state index contributed by atoms with van der Waals surface area (Å²) in [4.78, 5) is 14.2. The Bertz CT molecular complexity index is 530. The van der Waals surface area contributed by atoms with Gasteiger partial charge in [0.15, 0.2) is 18.1 Å². The third kappa shape index (κ3) is 7.81. The number of hydrogen-bond donors (Lipinski definition) is 2. The number of rotatable bonds is 11. The molecule has 6 nitrogen and oxygen atoms in total. The Kier molecular flexibility index (Phi) is 12.1. The third-order valence-electron chi connectivity index (χ3n) is 3.68. The number of halogens is 1. The molecule has 0 bridgehead atoms. The summed E-state index contributed by atoms with van der Waals surface area (Å²) in [6.45, 7) is 11.7. The smallest absolute Gasteiger partial charge is 0.260 e. The topological polar surface area (TPSA) is 71.0 Å². The summed E-state index contributed by atoms with van der Waals surface area (Å²) < 4.78 is 11.4. The molecular weight excluding hydrogens is 356 g/mol. The summed E-state index contributed by atoms with van der Waals surface area (Å²) >= 11 is 0. The number of aliphatic hydroxyl groups is 1. The van der Waals surface area contributed by atoms with Crippen LogP contribution in [0.1, 0.15) is 40.2 Å². The molecule has 0 saturated carbocycles. The predicted molar refractivity (Wildman–Crippen MR) is 106 cm³/mol. The van der Waals surface area contributed by atoms with Crippen LogP contribution in [0, 0.1) is 0 Å². The molecule has 0 atom stereocenters. The zero-order valence-electron chi connectivity index (χ0n) is 16.4. The van der Waals surface area contributed by atoms with Gasteiger partial charge < -0.3 is 24.8 Å². The van der Waals surface area contributed by atoms with E-state index in [-0.39, 0.29) is 43.6 Å². The second-order valence-corrected chi connectivity index (χ2v) is 6.39. The Morgan fingerprint density at radius 3 is 2.35 bits per heavy atom. The van der Waals surface area contributed by atoms with Crippen molar-refractivity contribution in [3.8, 4) is 11.5 Å². The molecule has 1 aromatic carbocycles. The maximum absolute atomic E-state index is 12.4. The van der Waals surface area contributed by atoms with Crippen molar-refractivity contribution in [3.63, 3.8) is 0 Å². The number of benzene rings is 1. The maximum Gasteiger partial charge on any atom is 0.260 e. The van der Waals surface area contributed by atoms with Crippen LogP contribution in [-0.4, -0.2) is 54.4 Å². The lowest BCUT2D eigenvalue weighted by atomic mass is 10.2. The van der Waals surface area contributed by atoms with Gasteiger partial charge in [0.05, 0.1) is 13.2 Å². The van der Waals surface area contributed by atoms with Gasteiger partial charge in [-0.25, -0.2) is 0 Å². The lowest BCUT2D eigenvalue weighted by Crippen LogP contribution is -2.44. The SMILES string of the molecule is CCOc1cc(CNCCO)ccc1OCC(=O)N(C(C)C)C(C)C.Cl. The van der Waals surface area contributed by atoms with Crippen LogP contribution in [0.15, 0.2) is 18.2 Å². The second-order valence-electron chi connectivity index (χ2n) is 6.39. The normalized spacial score (nSPS) is 10.6. The largest absolute Gasteiger partial charge is 0.490 e. The van der Waals surface area contributed by atoms with Crippen LogP contribution in [-0.2, 0) is 11.3 Å². The van der Waals surface area contributed by atoms with Crippen molar-refractivity contribution in [2.24, 2.45) is 0 Å². The average molecular weight is 389 g/mol. The fourth-order valence-corrected chi connectivity index (χ4v) is 2.75. The molecule has 0 spiro atoms. The molecule has 0 aliphatic carbocycles. The Hall–Kier alpha value is -1.50. The van der Waals surface area contributed by atoms with E-state index in [1.54, 1.807) is 0 Å². The summed E-state index contributed by atoms with van der Waals surface area (Å²) in [5, 5.41) is 12.0. The van der Waals surface area contributed by atoms with Crippen LogP contribution in [0.25, 0.3) is 0 Å². The van der Waals surface area contributed by atoms with Crippen molar-refractivity contribution < 1.29 is 19.4 Å². The highest BCUT2D eigenvalue weighted by Gasteiger charge is 2.21. The number of carbonyl (C=O) groups is 1. The van der Waals surface area contributed by atoms with Crippen LogP contribution in [0.4, 0.5) is 0 Å². The molecule has 0 aromatic heterocycles. The van der Waals surface area contributed by atoms with Gasteiger partial charge in [-0.1, -0.05) is 6.07 Å². The summed E-state index contributed by atoms with van der Waals surface area (Å²) in [5.41, 5.74) is 1.03. The highest BCUT2D eigenvalue weighted by molar-refractivity contribution is 5.85. The van der Waals surface area contributed by atoms with E-state index < -0.39 is 0 Å². The van der Waals surface area contributed by atoms with E-state index in [9.17, 15) is 4.79 Å². The van der Waals surface area contributed by atoms with Gasteiger partial charge >= 0.3 is 0 Å². The number of aliphatic hydroxyl groups excluding tert-OH is 1. The first-order valence-corrected chi connectivity index (χ1v) is 8.91. The number of hydrogen-bond acceptors (Lipinski definition) is 5. The molecule has 0 saturated heterocycles. The van der Waals surface area contributed by atoms with Gasteiger partial charge in [-0.3, -0.25) is 4.79 Å². The molecule has 1 amide bonds. The molecule has 26 heavy (non-hydrogen) atoms. The van der Waals surface area contributed by atoms with Crippen molar-refractivity contribution in [1.82, 2.24) is 10.2 Å². The highest BCUT2D eigenvalue weighted by Crippen LogP contribution is 2.28. The number of nitrogens with zero attached hydrogens (tertiary/aromatic N) is 1. The van der Waals surface area contributed by atoms with Crippen molar-refractivity contribution in [2.45, 2.75) is 53.2 Å². The molecule has 1 rings (SSSR count). The zero-order valence-corrected chi connectivity index (χ0v) is 17.3. The Morgan fingerprint density at radius 1 is 1.15 bits per heavy atom. The van der Waals surface area contributed by atoms with Gasteiger partial charge in [-0.2, -0.15) is 0 Å². The van der Waals surface area contributed by atoms with Gasteiger partial charge in [0.1, 0.15) is 0 Å². The van der Waals surface area contributed by atoms with Gasteiger partial charge in [-0.15, -0.1) is 12.4 Å². The molecule has 0 fully saturated rings. The Balaban J connectivity index is 0.00000625. The maximum atomic E-state index is 12.4. The Labute approximate surface area is 163 Å². The molecule has 0 heterocycles. The Morgan fingerprint density at radius 2 is 1.81 bits per heavy atom. The molecule has 2 N–H and O–H groups in total. The zero-order chi connectivity index (χ0) is 18.8. The molecule has 0 radical (unpaired) electrons. The van der Waals surface area contributed by atoms with Crippen LogP contribution in [0.5, 0.6) is 11.5 Å². The summed E-state index contributed by atoms with van der Waals surface area (Å²) in [6.07, 6.45) is 0. The molecule has 150 valence electrons. The fourth-order valence-electron chi connectivity index (χ4n) is 2.75. The lowest BCUT2D eigenvalue weighted by molar-refractivity contribution is -0.137. The standard InChI is InChI=1S/C19H32N2O4.ClH/c1-6-24-18-11-16(12-20-9-10-22)7-8-17(18)25-13-19(23)21(14(2)3)15(4)5;/h7-8,11,14-15,20,22H,6,9-10,12-13H2,1-5H3;1H. The molecular formula is C19H33ClN2O4. The third-order valence-corrected chi connectivity index (χ3v) is 3.68. The van der Waals surface area contributed by atoms with Gasteiger partial charge in [0.2, 0.25) is 0 Å². The van der Waals surface area contributed by atoms with Crippen molar-refractivity contribution in [1.29, 1.82) is 0 Å². The molecule has 7 heteroatoms. The lowest BCUT2D eigenvalue weighted by Gasteiger charge is -2.30. The number of amides is 1. The van der Waals surface area contributed by atoms with Gasteiger partial charge in [0, 0.05) is 25.2 Å². The fraction of sp³-hybridized carbons (Fsp3) is 0.632.